The highest BCUT2D eigenvalue weighted by molar-refractivity contribution is 9.10. The molecule has 0 bridgehead atoms. The fraction of sp³-hybridized carbons (Fsp3) is 0.172. The predicted octanol–water partition coefficient (Wildman–Crippen LogP) is 5.35. The van der Waals surface area contributed by atoms with Crippen LogP contribution in [0.15, 0.2) is 85.5 Å². The van der Waals surface area contributed by atoms with Crippen LogP contribution in [0.25, 0.3) is 33.5 Å². The lowest BCUT2D eigenvalue weighted by atomic mass is 10.2. The monoisotopic (exact) mass is 620 g/mol. The molecule has 202 valence electrons. The van der Waals surface area contributed by atoms with Gasteiger partial charge in [0.05, 0.1) is 35.4 Å². The van der Waals surface area contributed by atoms with Crippen molar-refractivity contribution in [2.45, 2.75) is 0 Å². The second-order valence-corrected chi connectivity index (χ2v) is 10.4. The van der Waals surface area contributed by atoms with Gasteiger partial charge in [0.2, 0.25) is 5.82 Å². The van der Waals surface area contributed by atoms with Crippen LogP contribution < -0.4 is 10.3 Å². The normalized spacial score (nSPS) is 13.9. The number of carbonyl (C=O) groups is 1. The molecule has 1 amide bonds. The summed E-state index contributed by atoms with van der Waals surface area (Å²) in [6, 6.07) is 19.6. The minimum Gasteiger partial charge on any atom is -0.482 e. The van der Waals surface area contributed by atoms with Gasteiger partial charge in [0.1, 0.15) is 11.3 Å². The van der Waals surface area contributed by atoms with E-state index in [4.69, 9.17) is 30.5 Å². The second-order valence-electron chi connectivity index (χ2n) is 9.08. The zero-order chi connectivity index (χ0) is 27.6. The molecule has 9 nitrogen and oxygen atoms in total. The van der Waals surface area contributed by atoms with Crippen molar-refractivity contribution in [2.24, 2.45) is 5.10 Å². The van der Waals surface area contributed by atoms with E-state index in [1.807, 2.05) is 30.3 Å². The number of rotatable bonds is 6. The molecule has 0 N–H and O–H groups in total. The Kier molecular flexibility index (Phi) is 7.38. The Bertz CT molecular complexity index is 1830. The first-order chi connectivity index (χ1) is 19.5. The minimum absolute atomic E-state index is 0.122. The molecule has 3 heterocycles. The Labute approximate surface area is 241 Å². The number of benzene rings is 3. The zero-order valence-electron chi connectivity index (χ0n) is 21.0. The number of morpholine rings is 1. The number of carbonyl (C=O) groups excluding carboxylic acids is 1. The Morgan fingerprint density at radius 3 is 2.75 bits per heavy atom. The number of furan rings is 1. The number of para-hydroxylation sites is 1. The van der Waals surface area contributed by atoms with E-state index >= 15 is 0 Å². The van der Waals surface area contributed by atoms with Crippen LogP contribution in [-0.4, -0.2) is 59.6 Å². The summed E-state index contributed by atoms with van der Waals surface area (Å²) in [7, 11) is 0. The second kappa shape index (κ2) is 11.2. The molecule has 1 saturated heterocycles. The minimum atomic E-state index is -0.342. The Morgan fingerprint density at radius 2 is 1.93 bits per heavy atom. The molecule has 5 aromatic rings. The van der Waals surface area contributed by atoms with Crippen molar-refractivity contribution in [3.05, 3.63) is 92.1 Å². The number of nitrogens with zero attached hydrogens (tertiary/aromatic N) is 4. The number of hydrogen-bond acceptors (Lipinski definition) is 7. The van der Waals surface area contributed by atoms with E-state index in [0.29, 0.717) is 64.9 Å². The average Bonchev–Trinajstić information content (AvgIpc) is 3.39. The summed E-state index contributed by atoms with van der Waals surface area (Å²) < 4.78 is 19.1. The summed E-state index contributed by atoms with van der Waals surface area (Å²) in [6.45, 7) is 2.00. The molecule has 11 heteroatoms. The molecule has 0 radical (unpaired) electrons. The van der Waals surface area contributed by atoms with Crippen LogP contribution in [0.4, 0.5) is 0 Å². The maximum absolute atomic E-state index is 13.5. The van der Waals surface area contributed by atoms with E-state index in [-0.39, 0.29) is 23.9 Å². The van der Waals surface area contributed by atoms with Gasteiger partial charge >= 0.3 is 0 Å². The van der Waals surface area contributed by atoms with Gasteiger partial charge in [0.15, 0.2) is 12.4 Å². The summed E-state index contributed by atoms with van der Waals surface area (Å²) in [5.41, 5.74) is 1.47. The smallest absolute Gasteiger partial charge is 0.282 e. The molecule has 1 aliphatic rings. The van der Waals surface area contributed by atoms with Gasteiger partial charge in [0.25, 0.3) is 11.5 Å². The van der Waals surface area contributed by atoms with Crippen molar-refractivity contribution >= 4 is 61.5 Å². The maximum Gasteiger partial charge on any atom is 0.282 e. The summed E-state index contributed by atoms with van der Waals surface area (Å²) in [5.74, 6) is 0.914. The standard InChI is InChI=1S/C29H22BrClN4O5/c30-20-6-8-24-19(14-20)15-26(40-24)28-33-23-4-2-1-3-21(23)29(37)35(28)32-16-18-5-7-25(22(31)13-18)39-17-27(36)34-9-11-38-12-10-34/h1-8,13-16H,9-12,17H2. The highest BCUT2D eigenvalue weighted by atomic mass is 79.9. The third-order valence-electron chi connectivity index (χ3n) is 6.45. The van der Waals surface area contributed by atoms with Gasteiger partial charge in [-0.3, -0.25) is 9.59 Å². The van der Waals surface area contributed by atoms with Crippen LogP contribution in [0.1, 0.15) is 5.56 Å². The van der Waals surface area contributed by atoms with Crippen LogP contribution >= 0.6 is 27.5 Å². The van der Waals surface area contributed by atoms with Crippen LogP contribution in [0.5, 0.6) is 5.75 Å². The van der Waals surface area contributed by atoms with E-state index in [2.05, 4.69) is 21.0 Å². The molecule has 1 aliphatic heterocycles. The molecular weight excluding hydrogens is 600 g/mol. The van der Waals surface area contributed by atoms with Crippen molar-refractivity contribution in [1.82, 2.24) is 14.6 Å². The largest absolute Gasteiger partial charge is 0.482 e. The third kappa shape index (κ3) is 5.38. The first-order valence-electron chi connectivity index (χ1n) is 12.5. The number of aromatic nitrogens is 2. The molecule has 0 aliphatic carbocycles. The highest BCUT2D eigenvalue weighted by Gasteiger charge is 2.19. The van der Waals surface area contributed by atoms with Crippen molar-refractivity contribution in [1.29, 1.82) is 0 Å². The lowest BCUT2D eigenvalue weighted by Gasteiger charge is -2.26. The number of amides is 1. The molecule has 0 saturated carbocycles. The highest BCUT2D eigenvalue weighted by Crippen LogP contribution is 2.29. The number of ether oxygens (including phenoxy) is 2. The van der Waals surface area contributed by atoms with E-state index in [1.165, 1.54) is 10.9 Å². The van der Waals surface area contributed by atoms with Crippen LogP contribution in [0.2, 0.25) is 5.02 Å². The van der Waals surface area contributed by atoms with Crippen molar-refractivity contribution in [3.63, 3.8) is 0 Å². The lowest BCUT2D eigenvalue weighted by Crippen LogP contribution is -2.43. The molecule has 3 aromatic carbocycles. The fourth-order valence-corrected chi connectivity index (χ4v) is 5.02. The summed E-state index contributed by atoms with van der Waals surface area (Å²) in [4.78, 5) is 32.3. The number of hydrogen-bond donors (Lipinski definition) is 0. The quantitative estimate of drug-likeness (QED) is 0.237. The van der Waals surface area contributed by atoms with Crippen LogP contribution in [0.3, 0.4) is 0 Å². The summed E-state index contributed by atoms with van der Waals surface area (Å²) >= 11 is 9.92. The molecule has 2 aromatic heterocycles. The molecular formula is C29H22BrClN4O5. The molecule has 0 atom stereocenters. The Hall–Kier alpha value is -3.99. The van der Waals surface area contributed by atoms with Crippen molar-refractivity contribution < 1.29 is 18.7 Å². The van der Waals surface area contributed by atoms with Gasteiger partial charge in [0, 0.05) is 22.9 Å². The van der Waals surface area contributed by atoms with Crippen LogP contribution in [-0.2, 0) is 9.53 Å². The SMILES string of the molecule is O=C(COc1ccc(C=Nn2c(-c3cc4cc(Br)ccc4o3)nc3ccccc3c2=O)cc1Cl)N1CCOCC1. The molecule has 40 heavy (non-hydrogen) atoms. The van der Waals surface area contributed by atoms with E-state index < -0.39 is 0 Å². The van der Waals surface area contributed by atoms with E-state index in [9.17, 15) is 9.59 Å². The maximum atomic E-state index is 13.5. The Balaban J connectivity index is 1.30. The van der Waals surface area contributed by atoms with Crippen molar-refractivity contribution in [3.8, 4) is 17.3 Å². The van der Waals surface area contributed by atoms with E-state index in [1.54, 1.807) is 41.3 Å². The molecule has 1 fully saturated rings. The fourth-order valence-electron chi connectivity index (χ4n) is 4.40. The van der Waals surface area contributed by atoms with Gasteiger partial charge in [-0.1, -0.05) is 39.7 Å². The zero-order valence-corrected chi connectivity index (χ0v) is 23.4. The topological polar surface area (TPSA) is 99.2 Å². The molecule has 0 spiro atoms. The first kappa shape index (κ1) is 26.2. The predicted molar refractivity (Wildman–Crippen MR) is 156 cm³/mol. The van der Waals surface area contributed by atoms with Gasteiger partial charge in [-0.05, 0) is 60.2 Å². The van der Waals surface area contributed by atoms with Crippen LogP contribution in [0, 0.1) is 0 Å². The molecule has 0 unspecified atom stereocenters. The number of fused-ring (bicyclic) bond motifs is 2. The third-order valence-corrected chi connectivity index (χ3v) is 7.23. The van der Waals surface area contributed by atoms with Gasteiger partial charge in [-0.15, -0.1) is 0 Å². The lowest BCUT2D eigenvalue weighted by molar-refractivity contribution is -0.137. The summed E-state index contributed by atoms with van der Waals surface area (Å²) in [5, 5.41) is 6.07. The molecule has 6 rings (SSSR count). The van der Waals surface area contributed by atoms with Gasteiger partial charge in [-0.25, -0.2) is 4.98 Å². The average molecular weight is 622 g/mol. The first-order valence-corrected chi connectivity index (χ1v) is 13.7. The summed E-state index contributed by atoms with van der Waals surface area (Å²) in [6.07, 6.45) is 1.51. The number of halogens is 2. The van der Waals surface area contributed by atoms with Gasteiger partial charge < -0.3 is 18.8 Å². The van der Waals surface area contributed by atoms with E-state index in [0.717, 1.165) is 9.86 Å². The van der Waals surface area contributed by atoms with Gasteiger partial charge in [-0.2, -0.15) is 9.78 Å². The Morgan fingerprint density at radius 1 is 1.10 bits per heavy atom. The van der Waals surface area contributed by atoms with Crippen molar-refractivity contribution in [2.75, 3.05) is 32.9 Å².